The van der Waals surface area contributed by atoms with Gasteiger partial charge in [0.2, 0.25) is 0 Å². The van der Waals surface area contributed by atoms with E-state index in [1.807, 2.05) is 0 Å². The van der Waals surface area contributed by atoms with Crippen LogP contribution in [0.3, 0.4) is 0 Å². The lowest BCUT2D eigenvalue weighted by atomic mass is 10.0. The van der Waals surface area contributed by atoms with Gasteiger partial charge in [-0.1, -0.05) is 12.1 Å². The number of benzene rings is 1. The largest absolute Gasteiger partial charge is 0.375 e. The van der Waals surface area contributed by atoms with Crippen molar-refractivity contribution in [1.82, 2.24) is 0 Å². The van der Waals surface area contributed by atoms with Crippen LogP contribution in [0, 0.1) is 12.7 Å². The topological polar surface area (TPSA) is 35.2 Å². The molecule has 96 valence electrons. The van der Waals surface area contributed by atoms with Gasteiger partial charge in [0, 0.05) is 12.6 Å². The van der Waals surface area contributed by atoms with Crippen LogP contribution in [-0.2, 0) is 4.74 Å². The molecule has 0 fully saturated rings. The maximum absolute atomic E-state index is 13.0. The fourth-order valence-electron chi connectivity index (χ4n) is 1.45. The number of ether oxygens (including phenoxy) is 1. The van der Waals surface area contributed by atoms with Gasteiger partial charge in [-0.2, -0.15) is 0 Å². The van der Waals surface area contributed by atoms with Crippen molar-refractivity contribution in [2.75, 3.05) is 13.2 Å². The molecule has 0 aromatic heterocycles. The average Bonchev–Trinajstić information content (AvgIpc) is 2.27. The molecule has 2 N–H and O–H groups in total. The van der Waals surface area contributed by atoms with Crippen LogP contribution in [0.25, 0.3) is 0 Å². The number of hydrogen-bond donors (Lipinski definition) is 1. The second-order valence-corrected chi connectivity index (χ2v) is 3.87. The van der Waals surface area contributed by atoms with E-state index in [1.165, 1.54) is 6.07 Å². The van der Waals surface area contributed by atoms with Gasteiger partial charge < -0.3 is 10.5 Å². The maximum Gasteiger partial charge on any atom is 0.261 e. The summed E-state index contributed by atoms with van der Waals surface area (Å²) >= 11 is 0. The van der Waals surface area contributed by atoms with E-state index in [0.29, 0.717) is 12.0 Å². The normalized spacial score (nSPS) is 13.1. The monoisotopic (exact) mass is 247 g/mol. The Morgan fingerprint density at radius 3 is 2.65 bits per heavy atom. The van der Waals surface area contributed by atoms with Crippen LogP contribution >= 0.6 is 0 Å². The highest BCUT2D eigenvalue weighted by atomic mass is 19.3. The third-order valence-electron chi connectivity index (χ3n) is 2.43. The Bertz CT molecular complexity index is 358. The molecule has 0 aliphatic rings. The zero-order valence-corrected chi connectivity index (χ0v) is 9.63. The molecular weight excluding hydrogens is 231 g/mol. The van der Waals surface area contributed by atoms with Crippen LogP contribution in [-0.4, -0.2) is 19.6 Å². The van der Waals surface area contributed by atoms with E-state index in [4.69, 9.17) is 10.5 Å². The van der Waals surface area contributed by atoms with Gasteiger partial charge in [0.1, 0.15) is 12.4 Å². The van der Waals surface area contributed by atoms with E-state index in [1.54, 1.807) is 19.1 Å². The van der Waals surface area contributed by atoms with Crippen LogP contribution in [0.15, 0.2) is 18.2 Å². The fraction of sp³-hybridized carbons (Fsp3) is 0.500. The average molecular weight is 247 g/mol. The minimum atomic E-state index is -2.46. The van der Waals surface area contributed by atoms with Gasteiger partial charge in [0.25, 0.3) is 6.43 Å². The Morgan fingerprint density at radius 2 is 2.06 bits per heavy atom. The molecule has 0 spiro atoms. The molecule has 1 aromatic rings. The van der Waals surface area contributed by atoms with E-state index in [-0.39, 0.29) is 18.5 Å². The Balaban J connectivity index is 2.41. The van der Waals surface area contributed by atoms with Crippen molar-refractivity contribution >= 4 is 0 Å². The highest BCUT2D eigenvalue weighted by Crippen LogP contribution is 2.17. The van der Waals surface area contributed by atoms with Crippen LogP contribution in [0.4, 0.5) is 13.2 Å². The van der Waals surface area contributed by atoms with Gasteiger partial charge in [0.15, 0.2) is 0 Å². The molecular formula is C12H16F3NO. The number of halogens is 3. The molecule has 0 saturated carbocycles. The smallest absolute Gasteiger partial charge is 0.261 e. The molecule has 2 nitrogen and oxygen atoms in total. The maximum atomic E-state index is 13.0. The molecule has 5 heteroatoms. The van der Waals surface area contributed by atoms with Gasteiger partial charge in [-0.05, 0) is 30.5 Å². The van der Waals surface area contributed by atoms with Crippen molar-refractivity contribution in [3.8, 4) is 0 Å². The van der Waals surface area contributed by atoms with Gasteiger partial charge in [0.05, 0.1) is 0 Å². The van der Waals surface area contributed by atoms with Crippen LogP contribution < -0.4 is 5.73 Å². The van der Waals surface area contributed by atoms with E-state index < -0.39 is 13.0 Å². The van der Waals surface area contributed by atoms with Gasteiger partial charge in [-0.25, -0.2) is 13.2 Å². The van der Waals surface area contributed by atoms with Gasteiger partial charge in [-0.3, -0.25) is 0 Å². The third-order valence-corrected chi connectivity index (χ3v) is 2.43. The number of hydrogen-bond acceptors (Lipinski definition) is 2. The Hall–Kier alpha value is -1.07. The zero-order chi connectivity index (χ0) is 12.8. The first-order chi connectivity index (χ1) is 8.00. The van der Waals surface area contributed by atoms with Crippen molar-refractivity contribution in [2.45, 2.75) is 25.8 Å². The summed E-state index contributed by atoms with van der Waals surface area (Å²) in [5.41, 5.74) is 7.14. The summed E-state index contributed by atoms with van der Waals surface area (Å²) in [5, 5.41) is 0. The van der Waals surface area contributed by atoms with Crippen LogP contribution in [0.1, 0.15) is 23.6 Å². The van der Waals surface area contributed by atoms with Crippen molar-refractivity contribution in [3.63, 3.8) is 0 Å². The Labute approximate surface area is 98.6 Å². The lowest BCUT2D eigenvalue weighted by Crippen LogP contribution is -2.15. The summed E-state index contributed by atoms with van der Waals surface area (Å²) < 4.78 is 41.3. The first-order valence-corrected chi connectivity index (χ1v) is 5.38. The number of rotatable bonds is 6. The van der Waals surface area contributed by atoms with Crippen molar-refractivity contribution in [3.05, 3.63) is 35.1 Å². The van der Waals surface area contributed by atoms with Crippen molar-refractivity contribution in [2.24, 2.45) is 5.73 Å². The molecule has 0 amide bonds. The molecule has 1 rings (SSSR count). The lowest BCUT2D eigenvalue weighted by molar-refractivity contribution is 0.0152. The van der Waals surface area contributed by atoms with E-state index in [9.17, 15) is 13.2 Å². The molecule has 0 aliphatic carbocycles. The summed E-state index contributed by atoms with van der Waals surface area (Å²) in [6.07, 6.45) is -2.03. The molecule has 0 heterocycles. The predicted octanol–water partition coefficient (Wildman–Crippen LogP) is 2.81. The molecule has 1 atom stereocenters. The summed E-state index contributed by atoms with van der Waals surface area (Å²) in [6, 6.07) is 4.28. The quantitative estimate of drug-likeness (QED) is 0.784. The van der Waals surface area contributed by atoms with Crippen molar-refractivity contribution < 1.29 is 17.9 Å². The number of nitrogens with two attached hydrogens (primary N) is 1. The van der Waals surface area contributed by atoms with Gasteiger partial charge >= 0.3 is 0 Å². The highest BCUT2D eigenvalue weighted by molar-refractivity contribution is 5.26. The summed E-state index contributed by atoms with van der Waals surface area (Å²) in [6.45, 7) is 1.25. The molecule has 17 heavy (non-hydrogen) atoms. The molecule has 0 bridgehead atoms. The molecule has 1 aromatic carbocycles. The SMILES string of the molecule is Cc1cc(C(N)CCOCC(F)F)ccc1F. The molecule has 0 saturated heterocycles. The van der Waals surface area contributed by atoms with Gasteiger partial charge in [-0.15, -0.1) is 0 Å². The number of aryl methyl sites for hydroxylation is 1. The van der Waals surface area contributed by atoms with Crippen LogP contribution in [0.2, 0.25) is 0 Å². The summed E-state index contributed by atoms with van der Waals surface area (Å²) in [5.74, 6) is -0.282. The second kappa shape index (κ2) is 6.61. The predicted molar refractivity (Wildman–Crippen MR) is 59.5 cm³/mol. The van der Waals surface area contributed by atoms with E-state index >= 15 is 0 Å². The second-order valence-electron chi connectivity index (χ2n) is 3.87. The summed E-state index contributed by atoms with van der Waals surface area (Å²) in [7, 11) is 0. The van der Waals surface area contributed by atoms with Crippen molar-refractivity contribution in [1.29, 1.82) is 0 Å². The standard InChI is InChI=1S/C12H16F3NO/c1-8-6-9(2-3-10(8)13)11(16)4-5-17-7-12(14)15/h2-3,6,11-12H,4-5,7,16H2,1H3. The summed E-state index contributed by atoms with van der Waals surface area (Å²) in [4.78, 5) is 0. The molecule has 0 aliphatic heterocycles. The van der Waals surface area contributed by atoms with E-state index in [0.717, 1.165) is 5.56 Å². The first-order valence-electron chi connectivity index (χ1n) is 5.38. The zero-order valence-electron chi connectivity index (χ0n) is 9.63. The lowest BCUT2D eigenvalue weighted by Gasteiger charge is -2.13. The minimum Gasteiger partial charge on any atom is -0.375 e. The third kappa shape index (κ3) is 4.75. The first kappa shape index (κ1) is 14.0. The Kier molecular flexibility index (Phi) is 5.44. The fourth-order valence-corrected chi connectivity index (χ4v) is 1.45. The van der Waals surface area contributed by atoms with Crippen LogP contribution in [0.5, 0.6) is 0 Å². The Morgan fingerprint density at radius 1 is 1.35 bits per heavy atom. The minimum absolute atomic E-state index is 0.169. The van der Waals surface area contributed by atoms with E-state index in [2.05, 4.69) is 0 Å². The molecule has 1 unspecified atom stereocenters. The highest BCUT2D eigenvalue weighted by Gasteiger charge is 2.09. The number of alkyl halides is 2. The molecule has 0 radical (unpaired) electrons.